The maximum Gasteiger partial charge on any atom is 0.133 e. The fourth-order valence-electron chi connectivity index (χ4n) is 2.45. The molecule has 19 heavy (non-hydrogen) atoms. The minimum atomic E-state index is -0.879. The highest BCUT2D eigenvalue weighted by Gasteiger charge is 2.22. The summed E-state index contributed by atoms with van der Waals surface area (Å²) < 4.78 is 40.5. The van der Waals surface area contributed by atoms with Gasteiger partial charge in [-0.3, -0.25) is 0 Å². The van der Waals surface area contributed by atoms with Crippen LogP contribution in [-0.2, 0) is 0 Å². The second kappa shape index (κ2) is 7.53. The standard InChI is InChI=1S/C15H22F3N/c1-4-6-10(3)7-14(19-5-2)15-12(17)8-11(16)9-13(15)18/h8-10,14,19H,4-7H2,1-3H3. The van der Waals surface area contributed by atoms with E-state index in [1.54, 1.807) is 0 Å². The van der Waals surface area contributed by atoms with Gasteiger partial charge in [-0.2, -0.15) is 0 Å². The van der Waals surface area contributed by atoms with Crippen LogP contribution in [0.4, 0.5) is 13.2 Å². The minimum absolute atomic E-state index is 0.0498. The van der Waals surface area contributed by atoms with E-state index in [0.717, 1.165) is 25.0 Å². The molecule has 0 aliphatic rings. The van der Waals surface area contributed by atoms with Crippen LogP contribution in [0.15, 0.2) is 12.1 Å². The smallest absolute Gasteiger partial charge is 0.133 e. The zero-order chi connectivity index (χ0) is 14.4. The molecular weight excluding hydrogens is 251 g/mol. The number of benzene rings is 1. The molecule has 0 amide bonds. The molecule has 0 aliphatic heterocycles. The number of rotatable bonds is 7. The zero-order valence-corrected chi connectivity index (χ0v) is 11.8. The molecule has 1 nitrogen and oxygen atoms in total. The van der Waals surface area contributed by atoms with Crippen LogP contribution in [0, 0.1) is 23.4 Å². The SMILES string of the molecule is CCCC(C)CC(NCC)c1c(F)cc(F)cc1F. The van der Waals surface area contributed by atoms with E-state index in [1.807, 2.05) is 6.92 Å². The molecule has 0 spiro atoms. The fourth-order valence-corrected chi connectivity index (χ4v) is 2.45. The summed E-state index contributed by atoms with van der Waals surface area (Å²) in [5, 5.41) is 3.09. The highest BCUT2D eigenvalue weighted by atomic mass is 19.1. The highest BCUT2D eigenvalue weighted by molar-refractivity contribution is 5.24. The van der Waals surface area contributed by atoms with Crippen LogP contribution >= 0.6 is 0 Å². The van der Waals surface area contributed by atoms with E-state index < -0.39 is 23.5 Å². The second-order valence-corrected chi connectivity index (χ2v) is 5.02. The van der Waals surface area contributed by atoms with Gasteiger partial charge in [0.15, 0.2) is 0 Å². The third-order valence-electron chi connectivity index (χ3n) is 3.26. The Bertz CT molecular complexity index is 383. The molecule has 0 aliphatic carbocycles. The Kier molecular flexibility index (Phi) is 6.35. The van der Waals surface area contributed by atoms with Crippen LogP contribution in [-0.4, -0.2) is 6.54 Å². The lowest BCUT2D eigenvalue weighted by Gasteiger charge is -2.23. The quantitative estimate of drug-likeness (QED) is 0.766. The Balaban J connectivity index is 2.98. The zero-order valence-electron chi connectivity index (χ0n) is 11.8. The van der Waals surface area contributed by atoms with E-state index in [1.165, 1.54) is 0 Å². The summed E-state index contributed by atoms with van der Waals surface area (Å²) in [7, 11) is 0. The summed E-state index contributed by atoms with van der Waals surface area (Å²) in [6.45, 7) is 6.64. The molecule has 0 aromatic heterocycles. The van der Waals surface area contributed by atoms with Gasteiger partial charge < -0.3 is 5.32 Å². The third kappa shape index (κ3) is 4.53. The highest BCUT2D eigenvalue weighted by Crippen LogP contribution is 2.28. The van der Waals surface area contributed by atoms with Gasteiger partial charge in [0.2, 0.25) is 0 Å². The Morgan fingerprint density at radius 1 is 1.11 bits per heavy atom. The lowest BCUT2D eigenvalue weighted by molar-refractivity contribution is 0.373. The summed E-state index contributed by atoms with van der Waals surface area (Å²) in [6.07, 6.45) is 2.68. The van der Waals surface area contributed by atoms with Crippen molar-refractivity contribution in [1.82, 2.24) is 5.32 Å². The summed E-state index contributed by atoms with van der Waals surface area (Å²) in [4.78, 5) is 0. The van der Waals surface area contributed by atoms with Crippen molar-refractivity contribution < 1.29 is 13.2 Å². The average molecular weight is 273 g/mol. The van der Waals surface area contributed by atoms with Crippen LogP contribution in [0.2, 0.25) is 0 Å². The molecule has 4 heteroatoms. The molecule has 1 rings (SSSR count). The van der Waals surface area contributed by atoms with Gasteiger partial charge in [0.1, 0.15) is 17.5 Å². The molecule has 1 aromatic carbocycles. The van der Waals surface area contributed by atoms with Gasteiger partial charge in [0, 0.05) is 23.7 Å². The normalized spacial score (nSPS) is 14.4. The van der Waals surface area contributed by atoms with Gasteiger partial charge in [-0.15, -0.1) is 0 Å². The van der Waals surface area contributed by atoms with Crippen molar-refractivity contribution in [2.45, 2.75) is 46.1 Å². The third-order valence-corrected chi connectivity index (χ3v) is 3.26. The Labute approximate surface area is 113 Å². The molecule has 0 heterocycles. The molecule has 2 unspecified atom stereocenters. The van der Waals surface area contributed by atoms with Gasteiger partial charge in [0.05, 0.1) is 0 Å². The first-order chi connectivity index (χ1) is 8.99. The summed E-state index contributed by atoms with van der Waals surface area (Å²) in [5.74, 6) is -2.15. The molecule has 0 fully saturated rings. The summed E-state index contributed by atoms with van der Waals surface area (Å²) in [6, 6.07) is 1.08. The monoisotopic (exact) mass is 273 g/mol. The Morgan fingerprint density at radius 3 is 2.16 bits per heavy atom. The van der Waals surface area contributed by atoms with Gasteiger partial charge in [-0.25, -0.2) is 13.2 Å². The van der Waals surface area contributed by atoms with Crippen molar-refractivity contribution >= 4 is 0 Å². The van der Waals surface area contributed by atoms with E-state index in [0.29, 0.717) is 18.9 Å². The first kappa shape index (κ1) is 16.0. The maximum absolute atomic E-state index is 13.8. The molecule has 0 saturated carbocycles. The van der Waals surface area contributed by atoms with E-state index in [9.17, 15) is 13.2 Å². The summed E-state index contributed by atoms with van der Waals surface area (Å²) >= 11 is 0. The Hall–Kier alpha value is -1.03. The molecule has 0 radical (unpaired) electrons. The van der Waals surface area contributed by atoms with Crippen LogP contribution < -0.4 is 5.32 Å². The molecule has 2 atom stereocenters. The summed E-state index contributed by atoms with van der Waals surface area (Å²) in [5.41, 5.74) is -0.0498. The maximum atomic E-state index is 13.8. The number of hydrogen-bond acceptors (Lipinski definition) is 1. The van der Waals surface area contributed by atoms with Crippen molar-refractivity contribution in [2.75, 3.05) is 6.54 Å². The van der Waals surface area contributed by atoms with Crippen LogP contribution in [0.5, 0.6) is 0 Å². The molecule has 1 N–H and O–H groups in total. The van der Waals surface area contributed by atoms with E-state index in [2.05, 4.69) is 19.2 Å². The van der Waals surface area contributed by atoms with Crippen molar-refractivity contribution in [3.63, 3.8) is 0 Å². The van der Waals surface area contributed by atoms with Crippen LogP contribution in [0.25, 0.3) is 0 Å². The minimum Gasteiger partial charge on any atom is -0.310 e. The van der Waals surface area contributed by atoms with Crippen LogP contribution in [0.3, 0.4) is 0 Å². The van der Waals surface area contributed by atoms with Crippen molar-refractivity contribution in [3.8, 4) is 0 Å². The molecule has 0 bridgehead atoms. The number of halogens is 3. The van der Waals surface area contributed by atoms with Gasteiger partial charge in [-0.1, -0.05) is 33.6 Å². The van der Waals surface area contributed by atoms with Crippen molar-refractivity contribution in [2.24, 2.45) is 5.92 Å². The lowest BCUT2D eigenvalue weighted by Crippen LogP contribution is -2.25. The number of nitrogens with one attached hydrogen (secondary N) is 1. The lowest BCUT2D eigenvalue weighted by atomic mass is 9.92. The second-order valence-electron chi connectivity index (χ2n) is 5.02. The molecule has 1 aromatic rings. The van der Waals surface area contributed by atoms with E-state index >= 15 is 0 Å². The Morgan fingerprint density at radius 2 is 1.68 bits per heavy atom. The molecular formula is C15H22F3N. The molecule has 0 saturated heterocycles. The largest absolute Gasteiger partial charge is 0.310 e. The van der Waals surface area contributed by atoms with E-state index in [4.69, 9.17) is 0 Å². The van der Waals surface area contributed by atoms with E-state index in [-0.39, 0.29) is 5.56 Å². The predicted molar refractivity (Wildman–Crippen MR) is 71.4 cm³/mol. The topological polar surface area (TPSA) is 12.0 Å². The predicted octanol–water partition coefficient (Wildman–Crippen LogP) is 4.58. The van der Waals surface area contributed by atoms with Gasteiger partial charge in [-0.05, 0) is 18.9 Å². The fraction of sp³-hybridized carbons (Fsp3) is 0.600. The van der Waals surface area contributed by atoms with Crippen LogP contribution in [0.1, 0.15) is 51.6 Å². The van der Waals surface area contributed by atoms with Crippen molar-refractivity contribution in [3.05, 3.63) is 35.1 Å². The first-order valence-corrected chi connectivity index (χ1v) is 6.87. The van der Waals surface area contributed by atoms with Crippen molar-refractivity contribution in [1.29, 1.82) is 0 Å². The first-order valence-electron chi connectivity index (χ1n) is 6.87. The average Bonchev–Trinajstić information content (AvgIpc) is 2.27. The molecule has 108 valence electrons. The van der Waals surface area contributed by atoms with Gasteiger partial charge >= 0.3 is 0 Å². The number of hydrogen-bond donors (Lipinski definition) is 1. The van der Waals surface area contributed by atoms with Gasteiger partial charge in [0.25, 0.3) is 0 Å².